The van der Waals surface area contributed by atoms with E-state index in [0.29, 0.717) is 12.5 Å². The predicted molar refractivity (Wildman–Crippen MR) is 111 cm³/mol. The van der Waals surface area contributed by atoms with Crippen LogP contribution in [0.25, 0.3) is 0 Å². The summed E-state index contributed by atoms with van der Waals surface area (Å²) < 4.78 is 8.05. The molecule has 1 aliphatic heterocycles. The van der Waals surface area contributed by atoms with E-state index in [0.717, 1.165) is 37.4 Å². The molecule has 3 fully saturated rings. The van der Waals surface area contributed by atoms with Crippen LogP contribution in [-0.4, -0.2) is 34.5 Å². The number of nitrogens with zero attached hydrogens (tertiary/aromatic N) is 2. The third-order valence-electron chi connectivity index (χ3n) is 6.68. The van der Waals surface area contributed by atoms with E-state index in [-0.39, 0.29) is 24.2 Å². The molecule has 2 aliphatic carbocycles. The van der Waals surface area contributed by atoms with Crippen LogP contribution in [0.4, 0.5) is 4.79 Å². The Morgan fingerprint density at radius 3 is 2.79 bits per heavy atom. The van der Waals surface area contributed by atoms with Crippen LogP contribution in [0.15, 0.2) is 36.5 Å². The van der Waals surface area contributed by atoms with Gasteiger partial charge in [0.2, 0.25) is 0 Å². The maximum atomic E-state index is 12.6. The highest BCUT2D eigenvalue weighted by Gasteiger charge is 2.36. The molecule has 6 nitrogen and oxygen atoms in total. The molecule has 3 aliphatic rings. The van der Waals surface area contributed by atoms with Gasteiger partial charge in [-0.1, -0.05) is 24.3 Å². The third kappa shape index (κ3) is 4.04. The maximum absolute atomic E-state index is 12.6. The average molecular weight is 395 g/mol. The number of aryl methyl sites for hydroxylation is 1. The monoisotopic (exact) mass is 394 g/mol. The minimum atomic E-state index is -0.108. The fourth-order valence-electron chi connectivity index (χ4n) is 4.74. The van der Waals surface area contributed by atoms with Gasteiger partial charge in [0.1, 0.15) is 6.10 Å². The number of hydrogen-bond donors (Lipinski definition) is 2. The van der Waals surface area contributed by atoms with Crippen molar-refractivity contribution in [3.8, 4) is 0 Å². The van der Waals surface area contributed by atoms with E-state index in [1.807, 2.05) is 12.3 Å². The Morgan fingerprint density at radius 1 is 1.17 bits per heavy atom. The van der Waals surface area contributed by atoms with Crippen molar-refractivity contribution in [2.45, 2.75) is 69.7 Å². The van der Waals surface area contributed by atoms with Gasteiger partial charge in [0.05, 0.1) is 11.7 Å². The molecule has 0 spiro atoms. The minimum absolute atomic E-state index is 0.00288. The number of carbonyl (C=O) groups excluding carboxylic acids is 1. The molecule has 6 heteroatoms. The van der Waals surface area contributed by atoms with Crippen molar-refractivity contribution < 1.29 is 9.53 Å². The van der Waals surface area contributed by atoms with Gasteiger partial charge in [-0.15, -0.1) is 0 Å². The van der Waals surface area contributed by atoms with Crippen LogP contribution in [0.3, 0.4) is 0 Å². The summed E-state index contributed by atoms with van der Waals surface area (Å²) in [4.78, 5) is 12.6. The van der Waals surface area contributed by atoms with Crippen molar-refractivity contribution >= 4 is 6.03 Å². The topological polar surface area (TPSA) is 68.2 Å². The number of urea groups is 1. The number of carbonyl (C=O) groups is 1. The second-order valence-corrected chi connectivity index (χ2v) is 8.91. The van der Waals surface area contributed by atoms with Gasteiger partial charge < -0.3 is 15.4 Å². The fourth-order valence-corrected chi connectivity index (χ4v) is 4.74. The molecule has 0 bridgehead atoms. The Balaban J connectivity index is 1.14. The van der Waals surface area contributed by atoms with E-state index in [2.05, 4.69) is 51.6 Å². The van der Waals surface area contributed by atoms with Crippen LogP contribution >= 0.6 is 0 Å². The van der Waals surface area contributed by atoms with Crippen LogP contribution in [0.5, 0.6) is 0 Å². The first-order valence-corrected chi connectivity index (χ1v) is 10.9. The van der Waals surface area contributed by atoms with E-state index in [1.54, 1.807) is 0 Å². The molecule has 0 radical (unpaired) electrons. The number of nitrogens with one attached hydrogen (secondary N) is 2. The van der Waals surface area contributed by atoms with Gasteiger partial charge in [-0.05, 0) is 68.1 Å². The molecule has 1 saturated heterocycles. The summed E-state index contributed by atoms with van der Waals surface area (Å²) in [5, 5.41) is 10.8. The lowest BCUT2D eigenvalue weighted by atomic mass is 9.74. The van der Waals surface area contributed by atoms with Crippen LogP contribution < -0.4 is 10.6 Å². The lowest BCUT2D eigenvalue weighted by molar-refractivity contribution is 0.0918. The Bertz CT molecular complexity index is 869. The predicted octanol–water partition coefficient (Wildman–Crippen LogP) is 3.68. The SMILES string of the molecule is Cc1ccccc1C1CC(NC(=O)N[C@@H]2CCO[C@H]2c2ccnn2CC2CC2)C1. The van der Waals surface area contributed by atoms with Crippen molar-refractivity contribution in [2.75, 3.05) is 6.61 Å². The maximum Gasteiger partial charge on any atom is 0.315 e. The van der Waals surface area contributed by atoms with Crippen LogP contribution in [0, 0.1) is 12.8 Å². The highest BCUT2D eigenvalue weighted by atomic mass is 16.5. The van der Waals surface area contributed by atoms with E-state index < -0.39 is 0 Å². The van der Waals surface area contributed by atoms with E-state index in [1.165, 1.54) is 24.0 Å². The van der Waals surface area contributed by atoms with Crippen molar-refractivity contribution in [3.05, 3.63) is 53.3 Å². The Hall–Kier alpha value is -2.34. The summed E-state index contributed by atoms with van der Waals surface area (Å²) in [7, 11) is 0. The van der Waals surface area contributed by atoms with Gasteiger partial charge in [0, 0.05) is 25.4 Å². The molecule has 2 atom stereocenters. The van der Waals surface area contributed by atoms with Crippen molar-refractivity contribution in [3.63, 3.8) is 0 Å². The first-order valence-electron chi connectivity index (χ1n) is 10.9. The van der Waals surface area contributed by atoms with Crippen LogP contribution in [-0.2, 0) is 11.3 Å². The molecule has 2 saturated carbocycles. The van der Waals surface area contributed by atoms with Gasteiger partial charge in [0.25, 0.3) is 0 Å². The quantitative estimate of drug-likeness (QED) is 0.785. The molecule has 2 heterocycles. The molecule has 29 heavy (non-hydrogen) atoms. The molecule has 2 aromatic rings. The Kier molecular flexibility index (Phi) is 5.04. The highest BCUT2D eigenvalue weighted by molar-refractivity contribution is 5.75. The molecule has 1 aromatic carbocycles. The summed E-state index contributed by atoms with van der Waals surface area (Å²) in [5.74, 6) is 1.31. The summed E-state index contributed by atoms with van der Waals surface area (Å²) in [6.45, 7) is 3.80. The zero-order valence-corrected chi connectivity index (χ0v) is 17.0. The Labute approximate surface area is 172 Å². The number of ether oxygens (including phenoxy) is 1. The minimum Gasteiger partial charge on any atom is -0.370 e. The first-order chi connectivity index (χ1) is 14.2. The van der Waals surface area contributed by atoms with Crippen molar-refractivity contribution in [1.82, 2.24) is 20.4 Å². The molecule has 5 rings (SSSR count). The molecule has 2 amide bonds. The Morgan fingerprint density at radius 2 is 2.00 bits per heavy atom. The molecule has 0 unspecified atom stereocenters. The molecular formula is C23H30N4O2. The molecule has 2 N–H and O–H groups in total. The third-order valence-corrected chi connectivity index (χ3v) is 6.68. The number of amides is 2. The largest absolute Gasteiger partial charge is 0.370 e. The number of rotatable bonds is 6. The zero-order chi connectivity index (χ0) is 19.8. The van der Waals surface area contributed by atoms with Crippen molar-refractivity contribution in [1.29, 1.82) is 0 Å². The summed E-state index contributed by atoms with van der Waals surface area (Å²) >= 11 is 0. The number of aromatic nitrogens is 2. The normalized spacial score (nSPS) is 28.7. The van der Waals surface area contributed by atoms with E-state index >= 15 is 0 Å². The highest BCUT2D eigenvalue weighted by Crippen LogP contribution is 2.38. The number of hydrogen-bond acceptors (Lipinski definition) is 3. The first kappa shape index (κ1) is 18.7. The summed E-state index contributed by atoms with van der Waals surface area (Å²) in [6.07, 6.45) is 7.18. The van der Waals surface area contributed by atoms with Crippen molar-refractivity contribution in [2.24, 2.45) is 5.92 Å². The van der Waals surface area contributed by atoms with Gasteiger partial charge in [-0.2, -0.15) is 5.10 Å². The number of benzene rings is 1. The summed E-state index contributed by atoms with van der Waals surface area (Å²) in [6, 6.07) is 10.8. The second kappa shape index (κ2) is 7.82. The fraction of sp³-hybridized carbons (Fsp3) is 0.565. The lowest BCUT2D eigenvalue weighted by Gasteiger charge is -2.37. The average Bonchev–Trinajstić information content (AvgIpc) is 3.18. The zero-order valence-electron chi connectivity index (χ0n) is 17.0. The smallest absolute Gasteiger partial charge is 0.315 e. The molecule has 1 aromatic heterocycles. The lowest BCUT2D eigenvalue weighted by Crippen LogP contribution is -2.50. The van der Waals surface area contributed by atoms with Crippen LogP contribution in [0.2, 0.25) is 0 Å². The van der Waals surface area contributed by atoms with Gasteiger partial charge in [-0.25, -0.2) is 4.79 Å². The molecular weight excluding hydrogens is 364 g/mol. The molecule has 154 valence electrons. The van der Waals surface area contributed by atoms with E-state index in [9.17, 15) is 4.79 Å². The standard InChI is InChI=1S/C23H30N4O2/c1-15-4-2-3-5-19(15)17-12-18(13-17)25-23(28)26-20-9-11-29-22(20)21-8-10-24-27(21)14-16-6-7-16/h2-5,8,10,16-18,20,22H,6-7,9,11-14H2,1H3,(H2,25,26,28)/t17?,18?,20-,22-/m1/s1. The van der Waals surface area contributed by atoms with Gasteiger partial charge in [-0.3, -0.25) is 4.68 Å². The van der Waals surface area contributed by atoms with E-state index in [4.69, 9.17) is 4.74 Å². The second-order valence-electron chi connectivity index (χ2n) is 8.91. The summed E-state index contributed by atoms with van der Waals surface area (Å²) in [5.41, 5.74) is 3.84. The van der Waals surface area contributed by atoms with Gasteiger partial charge in [0.15, 0.2) is 0 Å². The van der Waals surface area contributed by atoms with Crippen LogP contribution in [0.1, 0.15) is 60.9 Å². The van der Waals surface area contributed by atoms with Gasteiger partial charge >= 0.3 is 6.03 Å².